The zero-order valence-electron chi connectivity index (χ0n) is 9.33. The smallest absolute Gasteiger partial charge is 0.220 e. The van der Waals surface area contributed by atoms with Crippen molar-refractivity contribution in [2.45, 2.75) is 36.6 Å². The molecule has 0 aromatic heterocycles. The van der Waals surface area contributed by atoms with Crippen LogP contribution >= 0.6 is 0 Å². The first kappa shape index (κ1) is 10.1. The van der Waals surface area contributed by atoms with Crippen molar-refractivity contribution in [1.29, 1.82) is 0 Å². The molecule has 17 heavy (non-hydrogen) atoms. The van der Waals surface area contributed by atoms with E-state index in [2.05, 4.69) is 0 Å². The van der Waals surface area contributed by atoms with Gasteiger partial charge in [-0.2, -0.15) is 0 Å². The molecule has 4 aliphatic heterocycles. The predicted molar refractivity (Wildman–Crippen MR) is 55.7 cm³/mol. The van der Waals surface area contributed by atoms with E-state index in [1.54, 1.807) is 12.5 Å². The van der Waals surface area contributed by atoms with Gasteiger partial charge in [-0.15, -0.1) is 0 Å². The van der Waals surface area contributed by atoms with Crippen molar-refractivity contribution in [2.24, 2.45) is 0 Å². The van der Waals surface area contributed by atoms with Gasteiger partial charge in [-0.1, -0.05) is 0 Å². The van der Waals surface area contributed by atoms with E-state index in [1.807, 2.05) is 12.2 Å². The summed E-state index contributed by atoms with van der Waals surface area (Å²) >= 11 is 0. The van der Waals surface area contributed by atoms with Gasteiger partial charge in [0, 0.05) is 12.8 Å². The van der Waals surface area contributed by atoms with E-state index < -0.39 is 0 Å². The molecule has 4 rings (SSSR count). The summed E-state index contributed by atoms with van der Waals surface area (Å²) in [6.45, 7) is 1.49. The first-order valence-corrected chi connectivity index (χ1v) is 5.92. The van der Waals surface area contributed by atoms with Crippen molar-refractivity contribution < 1.29 is 23.7 Å². The predicted octanol–water partition coefficient (Wildman–Crippen LogP) is 1.06. The second-order valence-corrected chi connectivity index (χ2v) is 4.77. The van der Waals surface area contributed by atoms with Gasteiger partial charge in [0.2, 0.25) is 11.6 Å². The van der Waals surface area contributed by atoms with Gasteiger partial charge in [0.1, 0.15) is 25.4 Å². The molecule has 2 spiro atoms. The van der Waals surface area contributed by atoms with Crippen LogP contribution in [0.5, 0.6) is 0 Å². The van der Waals surface area contributed by atoms with Crippen molar-refractivity contribution in [3.05, 3.63) is 24.7 Å². The Kier molecular flexibility index (Phi) is 1.97. The molecule has 4 atom stereocenters. The van der Waals surface area contributed by atoms with Crippen LogP contribution in [-0.4, -0.2) is 37.0 Å². The van der Waals surface area contributed by atoms with Gasteiger partial charge in [0.15, 0.2) is 0 Å². The molecular weight excluding hydrogens is 224 g/mol. The van der Waals surface area contributed by atoms with Crippen molar-refractivity contribution >= 4 is 0 Å². The lowest BCUT2D eigenvalue weighted by molar-refractivity contribution is 0.251. The molecule has 4 heterocycles. The maximum absolute atomic E-state index is 5.34. The maximum Gasteiger partial charge on any atom is 0.220 e. The minimum absolute atomic E-state index is 0.192. The summed E-state index contributed by atoms with van der Waals surface area (Å²) in [6.07, 6.45) is 9.40. The van der Waals surface area contributed by atoms with Crippen molar-refractivity contribution in [2.75, 3.05) is 13.2 Å². The molecule has 92 valence electrons. The fourth-order valence-electron chi connectivity index (χ4n) is 2.03. The topological polar surface area (TPSA) is 59.4 Å². The van der Waals surface area contributed by atoms with Gasteiger partial charge >= 0.3 is 0 Å². The van der Waals surface area contributed by atoms with Crippen LogP contribution in [0, 0.1) is 0 Å². The highest BCUT2D eigenvalue weighted by Crippen LogP contribution is 2.51. The third-order valence-corrected chi connectivity index (χ3v) is 3.46. The second kappa shape index (κ2) is 3.32. The summed E-state index contributed by atoms with van der Waals surface area (Å²) in [6, 6.07) is 0. The molecule has 4 aliphatic rings. The summed E-state index contributed by atoms with van der Waals surface area (Å²) in [5.74, 6) is -0.385. The second-order valence-electron chi connectivity index (χ2n) is 4.77. The molecule has 0 radical (unpaired) electrons. The molecule has 0 saturated carbocycles. The molecule has 0 bridgehead atoms. The van der Waals surface area contributed by atoms with Crippen LogP contribution in [0.1, 0.15) is 12.8 Å². The van der Waals surface area contributed by atoms with Crippen LogP contribution in [0.3, 0.4) is 0 Å². The number of rotatable bonds is 6. The molecule has 0 aromatic rings. The van der Waals surface area contributed by atoms with Crippen LogP contribution in [0.25, 0.3) is 0 Å². The van der Waals surface area contributed by atoms with Gasteiger partial charge in [-0.05, 0) is 12.2 Å². The van der Waals surface area contributed by atoms with Crippen LogP contribution < -0.4 is 0 Å². The molecule has 4 fully saturated rings. The highest BCUT2D eigenvalue weighted by Gasteiger charge is 2.68. The Morgan fingerprint density at radius 1 is 0.941 bits per heavy atom. The zero-order chi connectivity index (χ0) is 11.3. The molecule has 0 amide bonds. The Hall–Kier alpha value is -0.880. The van der Waals surface area contributed by atoms with Crippen LogP contribution in [-0.2, 0) is 23.7 Å². The SMILES string of the molecule is C(=COC=CCC1OC12CO2)CC1OC12CO2. The highest BCUT2D eigenvalue weighted by molar-refractivity contribution is 5.07. The van der Waals surface area contributed by atoms with Gasteiger partial charge in [-0.3, -0.25) is 0 Å². The summed E-state index contributed by atoms with van der Waals surface area (Å²) in [5, 5.41) is 0. The van der Waals surface area contributed by atoms with E-state index in [1.165, 1.54) is 0 Å². The van der Waals surface area contributed by atoms with Gasteiger partial charge < -0.3 is 23.7 Å². The lowest BCUT2D eigenvalue weighted by Gasteiger charge is -1.89. The summed E-state index contributed by atoms with van der Waals surface area (Å²) in [5.41, 5.74) is 0. The van der Waals surface area contributed by atoms with E-state index >= 15 is 0 Å². The summed E-state index contributed by atoms with van der Waals surface area (Å²) in [4.78, 5) is 0. The largest absolute Gasteiger partial charge is 0.473 e. The van der Waals surface area contributed by atoms with Gasteiger partial charge in [0.05, 0.1) is 12.5 Å². The van der Waals surface area contributed by atoms with Crippen LogP contribution in [0.15, 0.2) is 24.7 Å². The molecule has 0 N–H and O–H groups in total. The Morgan fingerprint density at radius 3 is 1.76 bits per heavy atom. The Morgan fingerprint density at radius 2 is 1.41 bits per heavy atom. The number of hydrogen-bond donors (Lipinski definition) is 0. The van der Waals surface area contributed by atoms with E-state index in [0.717, 1.165) is 26.1 Å². The number of ether oxygens (including phenoxy) is 5. The Bertz CT molecular complexity index is 344. The Labute approximate surface area is 98.9 Å². The molecule has 4 saturated heterocycles. The third kappa shape index (κ3) is 1.89. The first-order valence-electron chi connectivity index (χ1n) is 5.92. The molecule has 5 nitrogen and oxygen atoms in total. The minimum atomic E-state index is -0.192. The molecule has 4 unspecified atom stereocenters. The lowest BCUT2D eigenvalue weighted by Crippen LogP contribution is -1.92. The monoisotopic (exact) mass is 238 g/mol. The average molecular weight is 238 g/mol. The first-order chi connectivity index (χ1) is 8.33. The summed E-state index contributed by atoms with van der Waals surface area (Å²) < 4.78 is 26.2. The van der Waals surface area contributed by atoms with Crippen molar-refractivity contribution in [3.8, 4) is 0 Å². The maximum atomic E-state index is 5.34. The fraction of sp³-hybridized carbons (Fsp3) is 0.667. The van der Waals surface area contributed by atoms with Crippen molar-refractivity contribution in [1.82, 2.24) is 0 Å². The lowest BCUT2D eigenvalue weighted by atomic mass is 10.2. The van der Waals surface area contributed by atoms with Gasteiger partial charge in [0.25, 0.3) is 0 Å². The fourth-order valence-corrected chi connectivity index (χ4v) is 2.03. The molecule has 0 aromatic carbocycles. The average Bonchev–Trinajstić information content (AvgIpc) is 3.20. The molecule has 0 aliphatic carbocycles. The number of epoxide rings is 4. The standard InChI is InChI=1S/C12H14O5/c1(3-9-11(16-9)7-14-11)5-13-6-2-4-10-12(17-10)8-15-12/h1-2,5-6,9-10H,3-4,7-8H2. The van der Waals surface area contributed by atoms with E-state index in [9.17, 15) is 0 Å². The third-order valence-electron chi connectivity index (χ3n) is 3.46. The highest BCUT2D eigenvalue weighted by atomic mass is 16.9. The minimum Gasteiger partial charge on any atom is -0.473 e. The van der Waals surface area contributed by atoms with Crippen LogP contribution in [0.4, 0.5) is 0 Å². The molecule has 5 heteroatoms. The van der Waals surface area contributed by atoms with Gasteiger partial charge in [-0.25, -0.2) is 0 Å². The van der Waals surface area contributed by atoms with E-state index in [-0.39, 0.29) is 23.8 Å². The van der Waals surface area contributed by atoms with E-state index in [0.29, 0.717) is 0 Å². The van der Waals surface area contributed by atoms with E-state index in [4.69, 9.17) is 23.7 Å². The molecular formula is C12H14O5. The van der Waals surface area contributed by atoms with Crippen LogP contribution in [0.2, 0.25) is 0 Å². The zero-order valence-corrected chi connectivity index (χ0v) is 9.33. The van der Waals surface area contributed by atoms with Crippen molar-refractivity contribution in [3.63, 3.8) is 0 Å². The summed E-state index contributed by atoms with van der Waals surface area (Å²) in [7, 11) is 0. The Balaban J connectivity index is 1.09. The number of hydrogen-bond acceptors (Lipinski definition) is 5. The normalized spacial score (nSPS) is 49.4. The quantitative estimate of drug-likeness (QED) is 0.511.